The minimum Gasteiger partial charge on any atom is -0.437 e. The van der Waals surface area contributed by atoms with Crippen LogP contribution in [0.2, 0.25) is 0 Å². The van der Waals surface area contributed by atoms with E-state index in [0.29, 0.717) is 0 Å². The summed E-state index contributed by atoms with van der Waals surface area (Å²) in [7, 11) is 0. The molecule has 1 aromatic carbocycles. The summed E-state index contributed by atoms with van der Waals surface area (Å²) in [5, 5.41) is 2.62. The molecular formula is C13H10F4N2O3. The van der Waals surface area contributed by atoms with E-state index in [1.165, 1.54) is 17.0 Å². The molecular weight excluding hydrogens is 308 g/mol. The molecule has 1 aromatic rings. The average Bonchev–Trinajstić information content (AvgIpc) is 2.74. The number of halogens is 4. The second-order valence-electron chi connectivity index (χ2n) is 4.93. The van der Waals surface area contributed by atoms with E-state index in [0.717, 1.165) is 6.07 Å². The van der Waals surface area contributed by atoms with Crippen LogP contribution in [-0.4, -0.2) is 42.3 Å². The first-order valence-corrected chi connectivity index (χ1v) is 6.41. The van der Waals surface area contributed by atoms with Crippen LogP contribution >= 0.6 is 0 Å². The zero-order chi connectivity index (χ0) is 16.1. The van der Waals surface area contributed by atoms with Crippen molar-refractivity contribution in [2.75, 3.05) is 13.1 Å². The summed E-state index contributed by atoms with van der Waals surface area (Å²) in [6, 6.07) is 2.91. The van der Waals surface area contributed by atoms with E-state index < -0.39 is 36.1 Å². The van der Waals surface area contributed by atoms with Gasteiger partial charge in [0, 0.05) is 13.1 Å². The largest absolute Gasteiger partial charge is 0.490 e. The van der Waals surface area contributed by atoms with Gasteiger partial charge < -0.3 is 9.64 Å². The number of alkyl halides is 3. The zero-order valence-electron chi connectivity index (χ0n) is 11.0. The minimum absolute atomic E-state index is 0.133. The third-order valence-corrected chi connectivity index (χ3v) is 3.63. The van der Waals surface area contributed by atoms with Crippen LogP contribution in [0, 0.1) is 5.82 Å². The van der Waals surface area contributed by atoms with Crippen molar-refractivity contribution in [3.63, 3.8) is 0 Å². The lowest BCUT2D eigenvalue weighted by Crippen LogP contribution is -2.54. The Kier molecular flexibility index (Phi) is 3.32. The number of amides is 1. The van der Waals surface area contributed by atoms with E-state index in [1.807, 2.05) is 0 Å². The van der Waals surface area contributed by atoms with E-state index in [9.17, 15) is 27.2 Å². The van der Waals surface area contributed by atoms with Gasteiger partial charge in [0.1, 0.15) is 11.9 Å². The molecule has 2 unspecified atom stereocenters. The van der Waals surface area contributed by atoms with Gasteiger partial charge in [0.2, 0.25) is 0 Å². The smallest absolute Gasteiger partial charge is 0.437 e. The fourth-order valence-corrected chi connectivity index (χ4v) is 2.75. The van der Waals surface area contributed by atoms with Gasteiger partial charge in [0.05, 0.1) is 5.56 Å². The molecule has 0 aliphatic carbocycles. The fraction of sp³-hybridized carbons (Fsp3) is 0.385. The molecule has 1 N–H and O–H groups in total. The Morgan fingerprint density at radius 1 is 1.36 bits per heavy atom. The Balaban J connectivity index is 1.95. The van der Waals surface area contributed by atoms with Crippen molar-refractivity contribution in [1.82, 2.24) is 10.2 Å². The van der Waals surface area contributed by atoms with E-state index in [-0.39, 0.29) is 24.2 Å². The van der Waals surface area contributed by atoms with Crippen LogP contribution in [0.1, 0.15) is 22.0 Å². The van der Waals surface area contributed by atoms with Crippen molar-refractivity contribution in [3.8, 4) is 0 Å². The highest BCUT2D eigenvalue weighted by molar-refractivity contribution is 5.99. The van der Waals surface area contributed by atoms with Crippen molar-refractivity contribution >= 4 is 11.9 Å². The number of carbonyl (C=O) groups excluding carboxylic acids is 2. The molecule has 5 nitrogen and oxygen atoms in total. The number of fused-ring (bicyclic) bond motifs is 3. The SMILES string of the molecule is O=C1c2c(F)cccc2C2C(OC(=O)C(F)(F)F)NCCN12. The Labute approximate surface area is 121 Å². The lowest BCUT2D eigenvalue weighted by molar-refractivity contribution is -0.210. The van der Waals surface area contributed by atoms with Gasteiger partial charge >= 0.3 is 12.1 Å². The molecule has 0 radical (unpaired) electrons. The number of piperazine rings is 1. The molecule has 3 rings (SSSR count). The molecule has 0 aromatic heterocycles. The van der Waals surface area contributed by atoms with Crippen molar-refractivity contribution in [3.05, 3.63) is 35.1 Å². The maximum absolute atomic E-state index is 13.8. The van der Waals surface area contributed by atoms with Gasteiger partial charge in [0.25, 0.3) is 5.91 Å². The second-order valence-corrected chi connectivity index (χ2v) is 4.93. The standard InChI is InChI=1S/C13H10F4N2O3/c14-7-3-1-2-6-8(7)11(20)19-5-4-18-10(9(6)19)22-12(21)13(15,16)17/h1-3,9-10,18H,4-5H2. The topological polar surface area (TPSA) is 58.6 Å². The number of nitrogens with one attached hydrogen (secondary N) is 1. The van der Waals surface area contributed by atoms with Gasteiger partial charge in [-0.3, -0.25) is 10.1 Å². The quantitative estimate of drug-likeness (QED) is 0.627. The van der Waals surface area contributed by atoms with Gasteiger partial charge in [-0.15, -0.1) is 0 Å². The lowest BCUT2D eigenvalue weighted by Gasteiger charge is -2.37. The number of esters is 1. The lowest BCUT2D eigenvalue weighted by atomic mass is 10.0. The van der Waals surface area contributed by atoms with Crippen LogP contribution in [-0.2, 0) is 9.53 Å². The zero-order valence-corrected chi connectivity index (χ0v) is 11.0. The summed E-state index contributed by atoms with van der Waals surface area (Å²) in [6.45, 7) is 0.311. The molecule has 118 valence electrons. The molecule has 0 saturated carbocycles. The number of hydrogen-bond donors (Lipinski definition) is 1. The number of carbonyl (C=O) groups is 2. The highest BCUT2D eigenvalue weighted by atomic mass is 19.4. The number of ether oxygens (including phenoxy) is 1. The predicted octanol–water partition coefficient (Wildman–Crippen LogP) is 1.36. The van der Waals surface area contributed by atoms with Crippen molar-refractivity contribution in [1.29, 1.82) is 0 Å². The Morgan fingerprint density at radius 2 is 2.09 bits per heavy atom. The summed E-state index contributed by atoms with van der Waals surface area (Å²) in [5.41, 5.74) is 0.0152. The van der Waals surface area contributed by atoms with Gasteiger partial charge in [0.15, 0.2) is 6.23 Å². The maximum Gasteiger partial charge on any atom is 0.490 e. The second kappa shape index (κ2) is 4.94. The molecule has 2 aliphatic rings. The normalized spacial score (nSPS) is 24.0. The summed E-state index contributed by atoms with van der Waals surface area (Å²) in [6.07, 6.45) is -6.52. The molecule has 1 saturated heterocycles. The highest BCUT2D eigenvalue weighted by Crippen LogP contribution is 2.39. The molecule has 9 heteroatoms. The summed E-state index contributed by atoms with van der Waals surface area (Å²) in [4.78, 5) is 24.4. The van der Waals surface area contributed by atoms with E-state index >= 15 is 0 Å². The van der Waals surface area contributed by atoms with E-state index in [1.54, 1.807) is 0 Å². The van der Waals surface area contributed by atoms with Crippen molar-refractivity contribution < 1.29 is 31.9 Å². The molecule has 2 heterocycles. The molecule has 0 spiro atoms. The van der Waals surface area contributed by atoms with Crippen LogP contribution < -0.4 is 5.32 Å². The monoisotopic (exact) mass is 318 g/mol. The molecule has 1 fully saturated rings. The van der Waals surface area contributed by atoms with Gasteiger partial charge in [-0.1, -0.05) is 12.1 Å². The minimum atomic E-state index is -5.14. The van der Waals surface area contributed by atoms with Crippen LogP contribution in [0.5, 0.6) is 0 Å². The van der Waals surface area contributed by atoms with Crippen molar-refractivity contribution in [2.45, 2.75) is 18.4 Å². The summed E-state index contributed by atoms with van der Waals surface area (Å²) in [5.74, 6) is -3.73. The Bertz CT molecular complexity index is 647. The third-order valence-electron chi connectivity index (χ3n) is 3.63. The van der Waals surface area contributed by atoms with Gasteiger partial charge in [-0.05, 0) is 11.6 Å². The first-order chi connectivity index (χ1) is 10.3. The third kappa shape index (κ3) is 2.21. The molecule has 0 bridgehead atoms. The first-order valence-electron chi connectivity index (χ1n) is 6.41. The van der Waals surface area contributed by atoms with Crippen LogP contribution in [0.3, 0.4) is 0 Å². The summed E-state index contributed by atoms with van der Waals surface area (Å²) >= 11 is 0. The number of benzene rings is 1. The fourth-order valence-electron chi connectivity index (χ4n) is 2.75. The van der Waals surface area contributed by atoms with Crippen molar-refractivity contribution in [2.24, 2.45) is 0 Å². The van der Waals surface area contributed by atoms with E-state index in [4.69, 9.17) is 0 Å². The predicted molar refractivity (Wildman–Crippen MR) is 64.1 cm³/mol. The highest BCUT2D eigenvalue weighted by Gasteiger charge is 2.49. The van der Waals surface area contributed by atoms with E-state index in [2.05, 4.69) is 10.1 Å². The average molecular weight is 318 g/mol. The van der Waals surface area contributed by atoms with Gasteiger partial charge in [-0.25, -0.2) is 9.18 Å². The molecule has 2 atom stereocenters. The van der Waals surface area contributed by atoms with Crippen LogP contribution in [0.25, 0.3) is 0 Å². The Hall–Kier alpha value is -2.16. The number of hydrogen-bond acceptors (Lipinski definition) is 4. The molecule has 2 aliphatic heterocycles. The molecule has 22 heavy (non-hydrogen) atoms. The van der Waals surface area contributed by atoms with Crippen LogP contribution in [0.15, 0.2) is 18.2 Å². The first kappa shape index (κ1) is 14.8. The molecule has 1 amide bonds. The summed E-state index contributed by atoms with van der Waals surface area (Å²) < 4.78 is 55.3. The number of nitrogens with zero attached hydrogens (tertiary/aromatic N) is 1. The Morgan fingerprint density at radius 3 is 2.77 bits per heavy atom. The van der Waals surface area contributed by atoms with Gasteiger partial charge in [-0.2, -0.15) is 13.2 Å². The maximum atomic E-state index is 13.8. The van der Waals surface area contributed by atoms with Crippen LogP contribution in [0.4, 0.5) is 17.6 Å². The number of rotatable bonds is 1.